The molecule has 0 amide bonds. The number of rotatable bonds is 7. The first kappa shape index (κ1) is 14.8. The van der Waals surface area contributed by atoms with Gasteiger partial charge in [-0.3, -0.25) is 0 Å². The van der Waals surface area contributed by atoms with Gasteiger partial charge in [0.15, 0.2) is 0 Å². The summed E-state index contributed by atoms with van der Waals surface area (Å²) in [4.78, 5) is 8.56. The Morgan fingerprint density at radius 3 is 2.67 bits per heavy atom. The van der Waals surface area contributed by atoms with E-state index in [4.69, 9.17) is 4.74 Å². The lowest BCUT2D eigenvalue weighted by Crippen LogP contribution is -2.05. The second-order valence-corrected chi connectivity index (χ2v) is 4.75. The van der Waals surface area contributed by atoms with Gasteiger partial charge in [0.2, 0.25) is 5.95 Å². The van der Waals surface area contributed by atoms with Crippen LogP contribution in [0.1, 0.15) is 13.8 Å². The summed E-state index contributed by atoms with van der Waals surface area (Å²) < 4.78 is 5.60. The molecule has 2 rings (SSSR count). The van der Waals surface area contributed by atoms with E-state index in [0.29, 0.717) is 12.5 Å². The van der Waals surface area contributed by atoms with Crippen molar-refractivity contribution in [3.63, 3.8) is 0 Å². The number of nitrogens with one attached hydrogen (secondary N) is 2. The molecule has 0 radical (unpaired) electrons. The van der Waals surface area contributed by atoms with E-state index in [0.717, 1.165) is 17.3 Å². The van der Waals surface area contributed by atoms with Gasteiger partial charge < -0.3 is 15.4 Å². The zero-order valence-electron chi connectivity index (χ0n) is 12.3. The molecule has 21 heavy (non-hydrogen) atoms. The summed E-state index contributed by atoms with van der Waals surface area (Å²) >= 11 is 0. The first-order valence-corrected chi connectivity index (χ1v) is 6.89. The Morgan fingerprint density at radius 2 is 2.00 bits per heavy atom. The number of hydrogen-bond acceptors (Lipinski definition) is 5. The van der Waals surface area contributed by atoms with E-state index in [1.54, 1.807) is 12.3 Å². The van der Waals surface area contributed by atoms with E-state index in [-0.39, 0.29) is 6.10 Å². The summed E-state index contributed by atoms with van der Waals surface area (Å²) in [5.41, 5.74) is 0.909. The number of aromatic nitrogens is 2. The van der Waals surface area contributed by atoms with Crippen LogP contribution >= 0.6 is 0 Å². The van der Waals surface area contributed by atoms with Crippen LogP contribution in [0, 0.1) is 0 Å². The molecule has 0 aliphatic carbocycles. The predicted octanol–water partition coefficient (Wildman–Crippen LogP) is 3.61. The van der Waals surface area contributed by atoms with Crippen LogP contribution in [-0.2, 0) is 0 Å². The summed E-state index contributed by atoms with van der Waals surface area (Å²) in [6, 6.07) is 9.52. The van der Waals surface area contributed by atoms with Crippen molar-refractivity contribution in [2.75, 3.05) is 17.2 Å². The van der Waals surface area contributed by atoms with Crippen LogP contribution in [0.15, 0.2) is 49.2 Å². The molecule has 0 unspecified atom stereocenters. The topological polar surface area (TPSA) is 59.1 Å². The normalized spacial score (nSPS) is 10.2. The van der Waals surface area contributed by atoms with Crippen LogP contribution in [0.2, 0.25) is 0 Å². The molecule has 1 aromatic heterocycles. The van der Waals surface area contributed by atoms with Gasteiger partial charge in [-0.1, -0.05) is 6.08 Å². The smallest absolute Gasteiger partial charge is 0.229 e. The molecule has 2 N–H and O–H groups in total. The molecule has 0 aliphatic rings. The Labute approximate surface area is 125 Å². The molecule has 0 saturated carbocycles. The van der Waals surface area contributed by atoms with E-state index in [9.17, 15) is 0 Å². The van der Waals surface area contributed by atoms with E-state index < -0.39 is 0 Å². The van der Waals surface area contributed by atoms with Gasteiger partial charge in [-0.15, -0.1) is 6.58 Å². The lowest BCUT2D eigenvalue weighted by molar-refractivity contribution is 0.242. The third-order valence-electron chi connectivity index (χ3n) is 2.57. The second-order valence-electron chi connectivity index (χ2n) is 4.75. The SMILES string of the molecule is C=CCNc1ccnc(Nc2ccc(OC(C)C)cc2)n1. The monoisotopic (exact) mass is 284 g/mol. The fourth-order valence-corrected chi connectivity index (χ4v) is 1.71. The van der Waals surface area contributed by atoms with Crippen molar-refractivity contribution in [2.24, 2.45) is 0 Å². The van der Waals surface area contributed by atoms with Crippen molar-refractivity contribution < 1.29 is 4.74 Å². The third kappa shape index (κ3) is 4.80. The third-order valence-corrected chi connectivity index (χ3v) is 2.57. The molecular formula is C16H20N4O. The lowest BCUT2D eigenvalue weighted by atomic mass is 10.3. The van der Waals surface area contributed by atoms with E-state index >= 15 is 0 Å². The van der Waals surface area contributed by atoms with Gasteiger partial charge >= 0.3 is 0 Å². The molecule has 1 heterocycles. The Balaban J connectivity index is 2.02. The summed E-state index contributed by atoms with van der Waals surface area (Å²) in [5, 5.41) is 6.28. The highest BCUT2D eigenvalue weighted by Gasteiger charge is 2.01. The van der Waals surface area contributed by atoms with Crippen molar-refractivity contribution in [3.05, 3.63) is 49.2 Å². The molecular weight excluding hydrogens is 264 g/mol. The number of ether oxygens (including phenoxy) is 1. The Kier molecular flexibility index (Phi) is 5.15. The number of hydrogen-bond donors (Lipinski definition) is 2. The molecule has 0 spiro atoms. The number of nitrogens with zero attached hydrogens (tertiary/aromatic N) is 2. The van der Waals surface area contributed by atoms with Crippen LogP contribution in [-0.4, -0.2) is 22.6 Å². The first-order valence-electron chi connectivity index (χ1n) is 6.89. The molecule has 5 heteroatoms. The quantitative estimate of drug-likeness (QED) is 0.761. The average Bonchev–Trinajstić information content (AvgIpc) is 2.47. The zero-order valence-corrected chi connectivity index (χ0v) is 12.3. The molecule has 2 aromatic rings. The van der Waals surface area contributed by atoms with Crippen LogP contribution in [0.3, 0.4) is 0 Å². The molecule has 0 fully saturated rings. The first-order chi connectivity index (χ1) is 10.2. The largest absolute Gasteiger partial charge is 0.491 e. The maximum atomic E-state index is 5.60. The molecule has 110 valence electrons. The minimum atomic E-state index is 0.166. The van der Waals surface area contributed by atoms with Crippen molar-refractivity contribution in [2.45, 2.75) is 20.0 Å². The van der Waals surface area contributed by atoms with Crippen molar-refractivity contribution in [1.82, 2.24) is 9.97 Å². The van der Waals surface area contributed by atoms with Gasteiger partial charge in [0.05, 0.1) is 6.10 Å². The lowest BCUT2D eigenvalue weighted by Gasteiger charge is -2.11. The van der Waals surface area contributed by atoms with Crippen molar-refractivity contribution >= 4 is 17.5 Å². The number of benzene rings is 1. The molecule has 0 saturated heterocycles. The van der Waals surface area contributed by atoms with Crippen molar-refractivity contribution in [1.29, 1.82) is 0 Å². The Hall–Kier alpha value is -2.56. The summed E-state index contributed by atoms with van der Waals surface area (Å²) in [6.07, 6.45) is 3.65. The highest BCUT2D eigenvalue weighted by atomic mass is 16.5. The highest BCUT2D eigenvalue weighted by molar-refractivity contribution is 5.55. The summed E-state index contributed by atoms with van der Waals surface area (Å²) in [5.74, 6) is 2.15. The van der Waals surface area contributed by atoms with Gasteiger partial charge in [-0.05, 0) is 44.2 Å². The highest BCUT2D eigenvalue weighted by Crippen LogP contribution is 2.19. The van der Waals surface area contributed by atoms with Gasteiger partial charge in [0.25, 0.3) is 0 Å². The maximum absolute atomic E-state index is 5.60. The van der Waals surface area contributed by atoms with E-state index in [1.165, 1.54) is 0 Å². The number of anilines is 3. The maximum Gasteiger partial charge on any atom is 0.229 e. The van der Waals surface area contributed by atoms with Gasteiger partial charge in [-0.2, -0.15) is 4.98 Å². The fourth-order valence-electron chi connectivity index (χ4n) is 1.71. The zero-order chi connectivity index (χ0) is 15.1. The van der Waals surface area contributed by atoms with E-state index in [2.05, 4.69) is 27.2 Å². The van der Waals surface area contributed by atoms with Crippen LogP contribution in [0.5, 0.6) is 5.75 Å². The molecule has 5 nitrogen and oxygen atoms in total. The van der Waals surface area contributed by atoms with Crippen LogP contribution in [0.25, 0.3) is 0 Å². The Morgan fingerprint density at radius 1 is 1.24 bits per heavy atom. The van der Waals surface area contributed by atoms with Crippen molar-refractivity contribution in [3.8, 4) is 5.75 Å². The van der Waals surface area contributed by atoms with Crippen LogP contribution < -0.4 is 15.4 Å². The minimum Gasteiger partial charge on any atom is -0.491 e. The molecule has 0 bridgehead atoms. The van der Waals surface area contributed by atoms with Gasteiger partial charge in [0, 0.05) is 18.4 Å². The summed E-state index contributed by atoms with van der Waals surface area (Å²) in [6.45, 7) is 8.33. The molecule has 0 atom stereocenters. The predicted molar refractivity (Wildman–Crippen MR) is 86.2 cm³/mol. The fraction of sp³-hybridized carbons (Fsp3) is 0.250. The van der Waals surface area contributed by atoms with E-state index in [1.807, 2.05) is 44.2 Å². The summed E-state index contributed by atoms with van der Waals surface area (Å²) in [7, 11) is 0. The average molecular weight is 284 g/mol. The Bertz CT molecular complexity index is 581. The van der Waals surface area contributed by atoms with Gasteiger partial charge in [-0.25, -0.2) is 4.98 Å². The molecule has 1 aromatic carbocycles. The second kappa shape index (κ2) is 7.28. The standard InChI is InChI=1S/C16H20N4O/c1-4-10-17-15-9-11-18-16(20-15)19-13-5-7-14(8-6-13)21-12(2)3/h4-9,11-12H,1,10H2,2-3H3,(H2,17,18,19,20). The molecule has 0 aliphatic heterocycles. The van der Waals surface area contributed by atoms with Gasteiger partial charge in [0.1, 0.15) is 11.6 Å². The minimum absolute atomic E-state index is 0.166. The van der Waals surface area contributed by atoms with Crippen LogP contribution in [0.4, 0.5) is 17.5 Å².